The van der Waals surface area contributed by atoms with Gasteiger partial charge in [-0.3, -0.25) is 4.79 Å². The molecule has 6 nitrogen and oxygen atoms in total. The fourth-order valence-corrected chi connectivity index (χ4v) is 4.28. The van der Waals surface area contributed by atoms with E-state index in [0.717, 1.165) is 36.7 Å². The summed E-state index contributed by atoms with van der Waals surface area (Å²) >= 11 is 0. The fourth-order valence-electron chi connectivity index (χ4n) is 4.28. The van der Waals surface area contributed by atoms with Crippen molar-refractivity contribution in [3.63, 3.8) is 0 Å². The zero-order valence-corrected chi connectivity index (χ0v) is 15.3. The van der Waals surface area contributed by atoms with E-state index in [1.807, 2.05) is 30.0 Å². The second-order valence-corrected chi connectivity index (χ2v) is 7.45. The summed E-state index contributed by atoms with van der Waals surface area (Å²) in [4.78, 5) is 19.7. The molecule has 2 atom stereocenters. The van der Waals surface area contributed by atoms with Crippen molar-refractivity contribution in [2.75, 3.05) is 26.5 Å². The number of rotatable bonds is 4. The highest BCUT2D eigenvalue weighted by Crippen LogP contribution is 2.36. The van der Waals surface area contributed by atoms with Gasteiger partial charge >= 0.3 is 0 Å². The predicted octanol–water partition coefficient (Wildman–Crippen LogP) is 3.19. The number of amides is 1. The molecule has 1 saturated carbocycles. The van der Waals surface area contributed by atoms with Gasteiger partial charge in [-0.1, -0.05) is 24.4 Å². The van der Waals surface area contributed by atoms with Gasteiger partial charge in [-0.15, -0.1) is 0 Å². The van der Waals surface area contributed by atoms with Gasteiger partial charge in [-0.05, 0) is 49.8 Å². The topological polar surface area (TPSA) is 60.4 Å². The van der Waals surface area contributed by atoms with Crippen molar-refractivity contribution >= 4 is 11.6 Å². The fraction of sp³-hybridized carbons (Fsp3) is 0.600. The quantitative estimate of drug-likeness (QED) is 0.613. The van der Waals surface area contributed by atoms with Gasteiger partial charge in [0, 0.05) is 18.7 Å². The molecule has 1 saturated heterocycles. The van der Waals surface area contributed by atoms with Crippen molar-refractivity contribution < 1.29 is 19.1 Å². The summed E-state index contributed by atoms with van der Waals surface area (Å²) in [5.41, 5.74) is 1.60. The van der Waals surface area contributed by atoms with Gasteiger partial charge in [0.05, 0.1) is 5.71 Å². The summed E-state index contributed by atoms with van der Waals surface area (Å²) in [6.07, 6.45) is 6.39. The lowest BCUT2D eigenvalue weighted by Gasteiger charge is -2.41. The van der Waals surface area contributed by atoms with Crippen molar-refractivity contribution in [1.29, 1.82) is 0 Å². The number of ether oxygens (including phenoxy) is 2. The van der Waals surface area contributed by atoms with Crippen LogP contribution in [0.25, 0.3) is 0 Å². The smallest absolute Gasteiger partial charge is 0.263 e. The Kier molecular flexibility index (Phi) is 5.00. The number of carbonyl (C=O) groups is 1. The van der Waals surface area contributed by atoms with Crippen molar-refractivity contribution in [2.24, 2.45) is 17.0 Å². The maximum atomic E-state index is 12.4. The number of oxime groups is 1. The van der Waals surface area contributed by atoms with E-state index in [4.69, 9.17) is 14.3 Å². The van der Waals surface area contributed by atoms with E-state index < -0.39 is 0 Å². The number of hydrogen-bond donors (Lipinski definition) is 0. The summed E-state index contributed by atoms with van der Waals surface area (Å²) in [6, 6.07) is 5.64. The van der Waals surface area contributed by atoms with Crippen LogP contribution in [0.2, 0.25) is 0 Å². The summed E-state index contributed by atoms with van der Waals surface area (Å²) < 4.78 is 10.7. The van der Waals surface area contributed by atoms with E-state index in [-0.39, 0.29) is 19.3 Å². The predicted molar refractivity (Wildman–Crippen MR) is 97.4 cm³/mol. The Balaban J connectivity index is 1.29. The Morgan fingerprint density at radius 1 is 1.19 bits per heavy atom. The first-order chi connectivity index (χ1) is 12.7. The molecule has 4 rings (SSSR count). The second kappa shape index (κ2) is 7.56. The van der Waals surface area contributed by atoms with Crippen LogP contribution in [-0.2, 0) is 9.63 Å². The summed E-state index contributed by atoms with van der Waals surface area (Å²) in [5.74, 6) is 2.99. The van der Waals surface area contributed by atoms with E-state index in [1.54, 1.807) is 0 Å². The van der Waals surface area contributed by atoms with Crippen LogP contribution < -0.4 is 9.47 Å². The van der Waals surface area contributed by atoms with Gasteiger partial charge < -0.3 is 19.2 Å². The Hall–Kier alpha value is -2.24. The van der Waals surface area contributed by atoms with Gasteiger partial charge in [0.25, 0.3) is 5.91 Å². The molecule has 2 fully saturated rings. The molecule has 140 valence electrons. The highest BCUT2D eigenvalue weighted by atomic mass is 16.7. The SMILES string of the molecule is C/C(=N/OCC(=O)N1CC[C@@H]2CCCC[C@@H]2C1)c1ccc2c(c1)OCO2. The van der Waals surface area contributed by atoms with Crippen molar-refractivity contribution in [3.8, 4) is 11.5 Å². The minimum Gasteiger partial charge on any atom is -0.454 e. The number of hydrogen-bond acceptors (Lipinski definition) is 5. The minimum absolute atomic E-state index is 0.000716. The molecule has 6 heteroatoms. The largest absolute Gasteiger partial charge is 0.454 e. The third-order valence-corrected chi connectivity index (χ3v) is 5.82. The highest BCUT2D eigenvalue weighted by Gasteiger charge is 2.32. The van der Waals surface area contributed by atoms with Crippen LogP contribution in [0.5, 0.6) is 11.5 Å². The average Bonchev–Trinajstić information content (AvgIpc) is 3.15. The van der Waals surface area contributed by atoms with Crippen LogP contribution in [0.1, 0.15) is 44.6 Å². The number of benzene rings is 1. The average molecular weight is 358 g/mol. The Bertz CT molecular complexity index is 703. The molecule has 1 aliphatic carbocycles. The van der Waals surface area contributed by atoms with Crippen LogP contribution in [-0.4, -0.2) is 43.0 Å². The van der Waals surface area contributed by atoms with Crippen LogP contribution in [0.3, 0.4) is 0 Å². The van der Waals surface area contributed by atoms with E-state index in [1.165, 1.54) is 25.7 Å². The van der Waals surface area contributed by atoms with E-state index in [0.29, 0.717) is 17.4 Å². The molecule has 0 N–H and O–H groups in total. The first-order valence-electron chi connectivity index (χ1n) is 9.55. The molecule has 0 aromatic heterocycles. The van der Waals surface area contributed by atoms with Crippen LogP contribution in [0, 0.1) is 11.8 Å². The summed E-state index contributed by atoms with van der Waals surface area (Å²) in [6.45, 7) is 3.85. The molecule has 26 heavy (non-hydrogen) atoms. The van der Waals surface area contributed by atoms with E-state index in [2.05, 4.69) is 5.16 Å². The number of fused-ring (bicyclic) bond motifs is 2. The maximum Gasteiger partial charge on any atom is 0.263 e. The van der Waals surface area contributed by atoms with Gasteiger partial charge in [-0.25, -0.2) is 0 Å². The number of carbonyl (C=O) groups excluding carboxylic acids is 1. The standard InChI is InChI=1S/C20H26N2O4/c1-14(16-6-7-18-19(10-16)25-13-24-18)21-26-12-20(23)22-9-8-15-4-2-3-5-17(15)11-22/h6-7,10,15,17H,2-5,8-9,11-13H2,1H3/b21-14-/t15-,17+/m0/s1. The molecule has 2 heterocycles. The lowest BCUT2D eigenvalue weighted by molar-refractivity contribution is -0.139. The Morgan fingerprint density at radius 3 is 2.88 bits per heavy atom. The van der Waals surface area contributed by atoms with E-state index >= 15 is 0 Å². The van der Waals surface area contributed by atoms with Crippen molar-refractivity contribution in [1.82, 2.24) is 4.90 Å². The lowest BCUT2D eigenvalue weighted by atomic mass is 9.75. The van der Waals surface area contributed by atoms with Crippen LogP contribution in [0.15, 0.2) is 23.4 Å². The zero-order chi connectivity index (χ0) is 17.9. The third-order valence-electron chi connectivity index (χ3n) is 5.82. The van der Waals surface area contributed by atoms with Crippen LogP contribution >= 0.6 is 0 Å². The molecule has 0 spiro atoms. The molecule has 1 amide bonds. The van der Waals surface area contributed by atoms with E-state index in [9.17, 15) is 4.79 Å². The number of nitrogens with zero attached hydrogens (tertiary/aromatic N) is 2. The summed E-state index contributed by atoms with van der Waals surface area (Å²) in [5, 5.41) is 4.11. The minimum atomic E-state index is -0.000716. The normalized spacial score (nSPS) is 25.0. The molecule has 2 aliphatic heterocycles. The second-order valence-electron chi connectivity index (χ2n) is 7.45. The van der Waals surface area contributed by atoms with Crippen molar-refractivity contribution in [2.45, 2.75) is 39.0 Å². The molecule has 0 unspecified atom stereocenters. The molecular weight excluding hydrogens is 332 g/mol. The monoisotopic (exact) mass is 358 g/mol. The Labute approximate surface area is 154 Å². The molecule has 0 radical (unpaired) electrons. The molecule has 3 aliphatic rings. The summed E-state index contributed by atoms with van der Waals surface area (Å²) in [7, 11) is 0. The van der Waals surface area contributed by atoms with Gasteiger partial charge in [-0.2, -0.15) is 0 Å². The molecule has 1 aromatic carbocycles. The molecular formula is C20H26N2O4. The van der Waals surface area contributed by atoms with Crippen molar-refractivity contribution in [3.05, 3.63) is 23.8 Å². The first kappa shape index (κ1) is 17.2. The molecule has 1 aromatic rings. The maximum absolute atomic E-state index is 12.4. The number of piperidine rings is 1. The van der Waals surface area contributed by atoms with Crippen LogP contribution in [0.4, 0.5) is 0 Å². The van der Waals surface area contributed by atoms with Gasteiger partial charge in [0.1, 0.15) is 0 Å². The lowest BCUT2D eigenvalue weighted by Crippen LogP contribution is -2.45. The number of likely N-dealkylation sites (tertiary alicyclic amines) is 1. The van der Waals surface area contributed by atoms with Gasteiger partial charge in [0.15, 0.2) is 18.1 Å². The first-order valence-corrected chi connectivity index (χ1v) is 9.55. The highest BCUT2D eigenvalue weighted by molar-refractivity contribution is 5.99. The Morgan fingerprint density at radius 2 is 2.00 bits per heavy atom. The molecule has 0 bridgehead atoms. The third kappa shape index (κ3) is 3.64. The van der Waals surface area contributed by atoms with Gasteiger partial charge in [0.2, 0.25) is 6.79 Å². The zero-order valence-electron chi connectivity index (χ0n) is 15.3.